The number of rotatable bonds is 69. The van der Waals surface area contributed by atoms with Crippen molar-refractivity contribution in [1.82, 2.24) is 0 Å². The number of carbonyl (C=O) groups excluding carboxylic acids is 2. The van der Waals surface area contributed by atoms with E-state index in [-0.39, 0.29) is 38.6 Å². The van der Waals surface area contributed by atoms with E-state index in [1.54, 1.807) is 0 Å². The number of esters is 2. The van der Waals surface area contributed by atoms with Gasteiger partial charge in [0.2, 0.25) is 0 Å². The Balaban J connectivity index is 4.16. The Morgan fingerprint density at radius 2 is 0.557 bits per heavy atom. The van der Waals surface area contributed by atoms with E-state index in [0.29, 0.717) is 17.4 Å². The van der Waals surface area contributed by atoms with Crippen LogP contribution in [0.3, 0.4) is 0 Å². The highest BCUT2D eigenvalue weighted by atomic mass is 16.7. The second kappa shape index (κ2) is 75.9. The Morgan fingerprint density at radius 1 is 0.309 bits per heavy atom. The Kier molecular flexibility index (Phi) is 71.3. The Morgan fingerprint density at radius 3 is 0.825 bits per heavy atom. The molecule has 2 atom stereocenters. The van der Waals surface area contributed by atoms with Gasteiger partial charge in [0.15, 0.2) is 6.10 Å². The number of hydrogen-bond donors (Lipinski definition) is 1. The summed E-state index contributed by atoms with van der Waals surface area (Å²) in [6.07, 6.45) is 114. The van der Waals surface area contributed by atoms with E-state index in [0.717, 1.165) is 148 Å². The Hall–Kier alpha value is -5.87. The van der Waals surface area contributed by atoms with Gasteiger partial charge in [-0.15, -0.1) is 0 Å². The van der Waals surface area contributed by atoms with Crippen molar-refractivity contribution in [3.63, 3.8) is 0 Å². The van der Waals surface area contributed by atoms with Crippen molar-refractivity contribution in [2.75, 3.05) is 47.5 Å². The smallest absolute Gasteiger partial charge is 0.361 e. The fraction of sp³-hybridized carbons (Fsp3) is 0.602. The van der Waals surface area contributed by atoms with Gasteiger partial charge < -0.3 is 28.5 Å². The molecule has 0 heterocycles. The van der Waals surface area contributed by atoms with E-state index in [1.165, 1.54) is 103 Å². The van der Waals surface area contributed by atoms with Crippen molar-refractivity contribution in [2.24, 2.45) is 0 Å². The van der Waals surface area contributed by atoms with Crippen LogP contribution in [0.5, 0.6) is 0 Å². The zero-order valence-electron chi connectivity index (χ0n) is 62.4. The molecule has 0 fully saturated rings. The third-order valence-electron chi connectivity index (χ3n) is 15.8. The van der Waals surface area contributed by atoms with Crippen molar-refractivity contribution in [2.45, 2.75) is 296 Å². The first-order valence-corrected chi connectivity index (χ1v) is 38.6. The molecule has 546 valence electrons. The van der Waals surface area contributed by atoms with Crippen LogP contribution in [-0.2, 0) is 33.3 Å². The Labute approximate surface area is 595 Å². The summed E-state index contributed by atoms with van der Waals surface area (Å²) in [5, 5.41) is 9.77. The van der Waals surface area contributed by atoms with Crippen molar-refractivity contribution >= 4 is 17.9 Å². The van der Waals surface area contributed by atoms with Crippen LogP contribution in [0, 0.1) is 0 Å². The first kappa shape index (κ1) is 91.1. The number of carboxylic acids is 1. The van der Waals surface area contributed by atoms with Crippen LogP contribution in [0.4, 0.5) is 0 Å². The number of carboxylic acid groups (broad SMARTS) is 1. The number of unbranched alkanes of at least 4 members (excludes halogenated alkanes) is 22. The summed E-state index contributed by atoms with van der Waals surface area (Å²) in [4.78, 5) is 37.7. The average molecular weight is 1340 g/mol. The van der Waals surface area contributed by atoms with Crippen molar-refractivity contribution in [3.8, 4) is 0 Å². The highest BCUT2D eigenvalue weighted by Gasteiger charge is 2.25. The second-order valence-electron chi connectivity index (χ2n) is 26.2. The van der Waals surface area contributed by atoms with E-state index in [4.69, 9.17) is 18.9 Å². The monoisotopic (exact) mass is 1340 g/mol. The predicted molar refractivity (Wildman–Crippen MR) is 419 cm³/mol. The van der Waals surface area contributed by atoms with Gasteiger partial charge >= 0.3 is 17.9 Å². The molecule has 0 aliphatic heterocycles. The van der Waals surface area contributed by atoms with Gasteiger partial charge in [-0.25, -0.2) is 4.79 Å². The van der Waals surface area contributed by atoms with Gasteiger partial charge in [-0.05, 0) is 141 Å². The van der Waals surface area contributed by atoms with Crippen LogP contribution in [-0.4, -0.2) is 87.4 Å². The SMILES string of the molecule is CC/C=C\C/C=C\C/C=C\C/C=C\C/C=C\C/C=C\C/C=C\C/C=C\C/C=C\C/C=C\C/C=C\CCCCCCCCCC(=O)OC(COC(=O)CCCCCCCCCCCCCCCCC/C=C\C/C=C\C/C=C\C/C=C\C/C=C\CC)COC(OCC[N+](C)(C)C)C(=O)O. The van der Waals surface area contributed by atoms with Crippen LogP contribution < -0.4 is 0 Å². The second-order valence-corrected chi connectivity index (χ2v) is 26.2. The predicted octanol–water partition coefficient (Wildman–Crippen LogP) is 24.9. The molecule has 0 saturated heterocycles. The van der Waals surface area contributed by atoms with E-state index in [9.17, 15) is 19.5 Å². The van der Waals surface area contributed by atoms with E-state index in [2.05, 4.69) is 208 Å². The molecule has 0 bridgehead atoms. The topological polar surface area (TPSA) is 108 Å². The quantitative estimate of drug-likeness (QED) is 0.0211. The number of likely N-dealkylation sites (N-methyl/N-ethyl adjacent to an activating group) is 1. The van der Waals surface area contributed by atoms with Gasteiger partial charge in [0.05, 0.1) is 34.4 Å². The van der Waals surface area contributed by atoms with Gasteiger partial charge in [0.1, 0.15) is 13.2 Å². The molecule has 0 amide bonds. The third-order valence-corrected chi connectivity index (χ3v) is 15.8. The van der Waals surface area contributed by atoms with E-state index < -0.39 is 24.3 Å². The van der Waals surface area contributed by atoms with Gasteiger partial charge in [0, 0.05) is 12.8 Å². The minimum absolute atomic E-state index is 0.176. The van der Waals surface area contributed by atoms with Crippen LogP contribution >= 0.6 is 0 Å². The molecular weight excluding hydrogens is 1200 g/mol. The molecule has 1 N–H and O–H groups in total. The minimum Gasteiger partial charge on any atom is -0.477 e. The van der Waals surface area contributed by atoms with Gasteiger partial charge in [-0.3, -0.25) is 9.59 Å². The zero-order chi connectivity index (χ0) is 70.4. The number of carbonyl (C=O) groups is 3. The lowest BCUT2D eigenvalue weighted by molar-refractivity contribution is -0.870. The standard InChI is InChI=1S/C88H141NO8/c1-6-8-10-12-14-16-18-20-22-24-26-28-30-32-34-36-38-39-40-41-42-43-44-45-46-47-49-51-53-55-57-59-61-63-65-67-69-71-73-75-77-79-86(91)97-84(83-96-88(87(92)93)94-81-80-89(3,4)5)82-95-85(90)78-76-74-72-70-68-66-64-62-60-58-56-54-52-50-48-37-35-33-31-29-27-25-23-21-19-17-15-13-11-9-7-2/h8-11,14-17,20-23,26-29,32-35,38-39,41-42,44-45,47,49,53,55,59,61,84,88H,6-7,12-13,18-19,24-25,30-31,36-37,40,43,46,48,50-52,54,56-58,60,62-83H2,1-5H3/p+1/b10-8-,11-9-,16-14-,17-15-,22-20-,23-21-,28-26-,29-27-,34-32-,35-33-,39-38-,42-41-,45-44-,49-47-,55-53-,61-59-. The van der Waals surface area contributed by atoms with Gasteiger partial charge in [-0.1, -0.05) is 324 Å². The molecule has 0 aliphatic rings. The average Bonchev–Trinajstić information content (AvgIpc) is 3.27. The maximum Gasteiger partial charge on any atom is 0.361 e. The van der Waals surface area contributed by atoms with Crippen molar-refractivity contribution in [1.29, 1.82) is 0 Å². The molecule has 0 aliphatic carbocycles. The highest BCUT2D eigenvalue weighted by molar-refractivity contribution is 5.71. The first-order chi connectivity index (χ1) is 47.6. The molecule has 0 rings (SSSR count). The number of aliphatic carboxylic acids is 1. The molecule has 0 aromatic carbocycles. The maximum absolute atomic E-state index is 13.0. The number of ether oxygens (including phenoxy) is 4. The number of allylic oxidation sites excluding steroid dienone is 32. The minimum atomic E-state index is -1.53. The first-order valence-electron chi connectivity index (χ1n) is 38.6. The normalized spacial score (nSPS) is 13.8. The van der Waals surface area contributed by atoms with Crippen LogP contribution in [0.1, 0.15) is 284 Å². The molecule has 9 heteroatoms. The summed E-state index contributed by atoms with van der Waals surface area (Å²) in [5.41, 5.74) is 0. The zero-order valence-corrected chi connectivity index (χ0v) is 62.4. The van der Waals surface area contributed by atoms with Crippen molar-refractivity contribution in [3.05, 3.63) is 194 Å². The fourth-order valence-electron chi connectivity index (χ4n) is 10.0. The lowest BCUT2D eigenvalue weighted by atomic mass is 10.0. The Bertz CT molecular complexity index is 2310. The van der Waals surface area contributed by atoms with Crippen LogP contribution in [0.15, 0.2) is 194 Å². The lowest BCUT2D eigenvalue weighted by Crippen LogP contribution is -2.40. The number of quaternary nitrogens is 1. The molecule has 0 saturated carbocycles. The van der Waals surface area contributed by atoms with Gasteiger partial charge in [-0.2, -0.15) is 0 Å². The largest absolute Gasteiger partial charge is 0.477 e. The molecule has 0 aromatic heterocycles. The van der Waals surface area contributed by atoms with E-state index >= 15 is 0 Å². The summed E-state index contributed by atoms with van der Waals surface area (Å²) in [5.74, 6) is -2.03. The molecular formula is C88H142NO8+. The molecule has 0 spiro atoms. The highest BCUT2D eigenvalue weighted by Crippen LogP contribution is 2.16. The molecule has 9 nitrogen and oxygen atoms in total. The fourth-order valence-corrected chi connectivity index (χ4v) is 10.0. The molecule has 2 unspecified atom stereocenters. The van der Waals surface area contributed by atoms with Crippen LogP contribution in [0.25, 0.3) is 0 Å². The van der Waals surface area contributed by atoms with Crippen LogP contribution in [0.2, 0.25) is 0 Å². The molecule has 0 radical (unpaired) electrons. The molecule has 0 aromatic rings. The summed E-state index contributed by atoms with van der Waals surface area (Å²) in [6, 6.07) is 0. The summed E-state index contributed by atoms with van der Waals surface area (Å²) in [6.45, 7) is 4.63. The maximum atomic E-state index is 13.0. The lowest BCUT2D eigenvalue weighted by Gasteiger charge is -2.25. The summed E-state index contributed by atoms with van der Waals surface area (Å²) < 4.78 is 23.0. The summed E-state index contributed by atoms with van der Waals surface area (Å²) in [7, 11) is 5.97. The number of hydrogen-bond acceptors (Lipinski definition) is 7. The number of nitrogens with zero attached hydrogens (tertiary/aromatic N) is 1. The van der Waals surface area contributed by atoms with E-state index in [1.807, 2.05) is 21.1 Å². The third kappa shape index (κ3) is 77.4. The van der Waals surface area contributed by atoms with Gasteiger partial charge in [0.25, 0.3) is 6.29 Å². The van der Waals surface area contributed by atoms with Crippen molar-refractivity contribution < 1.29 is 42.9 Å². The summed E-state index contributed by atoms with van der Waals surface area (Å²) >= 11 is 0. The molecule has 97 heavy (non-hydrogen) atoms.